The van der Waals surface area contributed by atoms with Gasteiger partial charge in [-0.25, -0.2) is 0 Å². The van der Waals surface area contributed by atoms with Gasteiger partial charge in [0.05, 0.1) is 12.4 Å². The molecule has 0 saturated heterocycles. The van der Waals surface area contributed by atoms with E-state index in [-0.39, 0.29) is 5.97 Å². The number of rotatable bonds is 5. The van der Waals surface area contributed by atoms with E-state index in [1.807, 2.05) is 14.0 Å². The minimum absolute atomic E-state index is 0.117. The second-order valence-corrected chi connectivity index (χ2v) is 5.55. The molecule has 2 rings (SSSR count). The first-order chi connectivity index (χ1) is 8.76. The van der Waals surface area contributed by atoms with Gasteiger partial charge in [0.1, 0.15) is 0 Å². The number of carbonyl (C=O) groups excluding carboxylic acids is 1. The molecule has 1 aliphatic rings. The predicted octanol–water partition coefficient (Wildman–Crippen LogP) is 2.17. The average molecular weight is 265 g/mol. The summed E-state index contributed by atoms with van der Waals surface area (Å²) in [7, 11) is 1.98. The van der Waals surface area contributed by atoms with Crippen molar-refractivity contribution >= 4 is 17.7 Å². The molecule has 0 aliphatic heterocycles. The maximum Gasteiger partial charge on any atom is 0.315 e. The van der Waals surface area contributed by atoms with E-state index in [9.17, 15) is 4.79 Å². The molecule has 4 heteroatoms. The SMILES string of the molecule is CCOC(=O)CSC1Cc2ccccc2C1NC. The van der Waals surface area contributed by atoms with Gasteiger partial charge >= 0.3 is 5.97 Å². The summed E-state index contributed by atoms with van der Waals surface area (Å²) in [5, 5.41) is 3.77. The van der Waals surface area contributed by atoms with Crippen molar-refractivity contribution in [3.63, 3.8) is 0 Å². The minimum atomic E-state index is -0.117. The van der Waals surface area contributed by atoms with Crippen molar-refractivity contribution in [3.8, 4) is 0 Å². The normalized spacial score (nSPS) is 21.7. The van der Waals surface area contributed by atoms with E-state index in [0.29, 0.717) is 23.7 Å². The number of ether oxygens (including phenoxy) is 1. The lowest BCUT2D eigenvalue weighted by Crippen LogP contribution is -2.24. The van der Waals surface area contributed by atoms with Gasteiger partial charge in [-0.3, -0.25) is 4.79 Å². The van der Waals surface area contributed by atoms with E-state index in [4.69, 9.17) is 4.74 Å². The number of esters is 1. The standard InChI is InChI=1S/C14H19NO2S/c1-3-17-13(16)9-18-12-8-10-6-4-5-7-11(10)14(12)15-2/h4-7,12,14-15H,3,8-9H2,1-2H3. The molecule has 0 bridgehead atoms. The molecule has 0 saturated carbocycles. The number of hydrogen-bond acceptors (Lipinski definition) is 4. The largest absolute Gasteiger partial charge is 0.465 e. The van der Waals surface area contributed by atoms with Gasteiger partial charge in [0.25, 0.3) is 0 Å². The third kappa shape index (κ3) is 2.87. The summed E-state index contributed by atoms with van der Waals surface area (Å²) in [5.74, 6) is 0.318. The van der Waals surface area contributed by atoms with Crippen molar-refractivity contribution in [1.82, 2.24) is 5.32 Å². The molecule has 1 aliphatic carbocycles. The minimum Gasteiger partial charge on any atom is -0.465 e. The van der Waals surface area contributed by atoms with Crippen LogP contribution in [0.2, 0.25) is 0 Å². The fraction of sp³-hybridized carbons (Fsp3) is 0.500. The molecule has 0 radical (unpaired) electrons. The number of thioether (sulfide) groups is 1. The van der Waals surface area contributed by atoms with Gasteiger partial charge < -0.3 is 10.1 Å². The van der Waals surface area contributed by atoms with Crippen molar-refractivity contribution in [1.29, 1.82) is 0 Å². The molecule has 0 spiro atoms. The van der Waals surface area contributed by atoms with Crippen LogP contribution >= 0.6 is 11.8 Å². The van der Waals surface area contributed by atoms with Crippen LogP contribution in [0, 0.1) is 0 Å². The van der Waals surface area contributed by atoms with Crippen molar-refractivity contribution in [3.05, 3.63) is 35.4 Å². The first kappa shape index (κ1) is 13.4. The monoisotopic (exact) mass is 265 g/mol. The smallest absolute Gasteiger partial charge is 0.315 e. The number of benzene rings is 1. The fourth-order valence-electron chi connectivity index (χ4n) is 2.43. The quantitative estimate of drug-likeness (QED) is 0.828. The Kier molecular flexibility index (Phi) is 4.66. The average Bonchev–Trinajstić information content (AvgIpc) is 2.74. The van der Waals surface area contributed by atoms with E-state index in [1.165, 1.54) is 11.1 Å². The first-order valence-corrected chi connectivity index (χ1v) is 7.33. The van der Waals surface area contributed by atoms with Gasteiger partial charge in [0, 0.05) is 11.3 Å². The molecular formula is C14H19NO2S. The Hall–Kier alpha value is -1.00. The molecule has 0 heterocycles. The highest BCUT2D eigenvalue weighted by Crippen LogP contribution is 2.38. The topological polar surface area (TPSA) is 38.3 Å². The number of nitrogens with one attached hydrogen (secondary N) is 1. The van der Waals surface area contributed by atoms with Crippen molar-refractivity contribution in [2.75, 3.05) is 19.4 Å². The van der Waals surface area contributed by atoms with Gasteiger partial charge in [0.15, 0.2) is 0 Å². The molecular weight excluding hydrogens is 246 g/mol. The molecule has 1 N–H and O–H groups in total. The number of fused-ring (bicyclic) bond motifs is 1. The lowest BCUT2D eigenvalue weighted by molar-refractivity contribution is -0.139. The zero-order chi connectivity index (χ0) is 13.0. The van der Waals surface area contributed by atoms with Crippen LogP contribution in [0.25, 0.3) is 0 Å². The Morgan fingerprint density at radius 3 is 3.00 bits per heavy atom. The molecule has 2 atom stereocenters. The van der Waals surface area contributed by atoms with Gasteiger partial charge in [0.2, 0.25) is 0 Å². The van der Waals surface area contributed by atoms with E-state index >= 15 is 0 Å². The number of hydrogen-bond donors (Lipinski definition) is 1. The molecule has 18 heavy (non-hydrogen) atoms. The fourth-order valence-corrected chi connectivity index (χ4v) is 3.64. The maximum atomic E-state index is 11.4. The van der Waals surface area contributed by atoms with Crippen LogP contribution in [-0.2, 0) is 16.0 Å². The summed E-state index contributed by atoms with van der Waals surface area (Å²) in [6.45, 7) is 2.30. The van der Waals surface area contributed by atoms with Crippen LogP contribution < -0.4 is 5.32 Å². The summed E-state index contributed by atoms with van der Waals surface area (Å²) < 4.78 is 4.97. The van der Waals surface area contributed by atoms with E-state index in [2.05, 4.69) is 29.6 Å². The molecule has 0 aromatic heterocycles. The summed E-state index contributed by atoms with van der Waals surface area (Å²) in [6.07, 6.45) is 1.02. The van der Waals surface area contributed by atoms with E-state index < -0.39 is 0 Å². The van der Waals surface area contributed by atoms with Crippen LogP contribution in [0.4, 0.5) is 0 Å². The zero-order valence-electron chi connectivity index (χ0n) is 10.8. The predicted molar refractivity (Wildman–Crippen MR) is 74.8 cm³/mol. The summed E-state index contributed by atoms with van der Waals surface area (Å²) in [5.41, 5.74) is 2.75. The Morgan fingerprint density at radius 1 is 1.50 bits per heavy atom. The maximum absolute atomic E-state index is 11.4. The van der Waals surface area contributed by atoms with E-state index in [1.54, 1.807) is 11.8 Å². The zero-order valence-corrected chi connectivity index (χ0v) is 11.6. The Labute approximate surface area is 112 Å². The van der Waals surface area contributed by atoms with Gasteiger partial charge in [-0.15, -0.1) is 11.8 Å². The summed E-state index contributed by atoms with van der Waals surface area (Å²) in [6, 6.07) is 8.82. The second kappa shape index (κ2) is 6.25. The van der Waals surface area contributed by atoms with Crippen LogP contribution in [-0.4, -0.2) is 30.6 Å². The third-order valence-corrected chi connectivity index (χ3v) is 4.48. The van der Waals surface area contributed by atoms with Crippen molar-refractivity contribution in [2.24, 2.45) is 0 Å². The molecule has 3 nitrogen and oxygen atoms in total. The Balaban J connectivity index is 1.97. The third-order valence-electron chi connectivity index (χ3n) is 3.21. The Morgan fingerprint density at radius 2 is 2.28 bits per heavy atom. The highest BCUT2D eigenvalue weighted by Gasteiger charge is 2.31. The van der Waals surface area contributed by atoms with Crippen molar-refractivity contribution < 1.29 is 9.53 Å². The van der Waals surface area contributed by atoms with E-state index in [0.717, 1.165) is 6.42 Å². The lowest BCUT2D eigenvalue weighted by Gasteiger charge is -2.19. The van der Waals surface area contributed by atoms with Crippen LogP contribution in [0.1, 0.15) is 24.1 Å². The highest BCUT2D eigenvalue weighted by molar-refractivity contribution is 8.00. The Bertz CT molecular complexity index is 422. The highest BCUT2D eigenvalue weighted by atomic mass is 32.2. The second-order valence-electron chi connectivity index (χ2n) is 4.32. The lowest BCUT2D eigenvalue weighted by atomic mass is 10.1. The van der Waals surface area contributed by atoms with Gasteiger partial charge in [-0.2, -0.15) is 0 Å². The molecule has 2 unspecified atom stereocenters. The first-order valence-electron chi connectivity index (χ1n) is 6.28. The summed E-state index contributed by atoms with van der Waals surface area (Å²) >= 11 is 1.68. The van der Waals surface area contributed by atoms with Crippen LogP contribution in [0.3, 0.4) is 0 Å². The molecule has 0 fully saturated rings. The van der Waals surface area contributed by atoms with Crippen LogP contribution in [0.5, 0.6) is 0 Å². The number of carbonyl (C=O) groups is 1. The van der Waals surface area contributed by atoms with Crippen LogP contribution in [0.15, 0.2) is 24.3 Å². The molecule has 98 valence electrons. The molecule has 1 aromatic rings. The molecule has 0 amide bonds. The van der Waals surface area contributed by atoms with Gasteiger partial charge in [-0.05, 0) is 31.5 Å². The summed E-state index contributed by atoms with van der Waals surface area (Å²) in [4.78, 5) is 11.4. The van der Waals surface area contributed by atoms with Crippen molar-refractivity contribution in [2.45, 2.75) is 24.6 Å². The van der Waals surface area contributed by atoms with Gasteiger partial charge in [-0.1, -0.05) is 24.3 Å². The molecule has 1 aromatic carbocycles.